The van der Waals surface area contributed by atoms with Gasteiger partial charge in [-0.2, -0.15) is 4.68 Å². The number of halogens is 2. The lowest BCUT2D eigenvalue weighted by molar-refractivity contribution is -0.120. The molecule has 166 valence electrons. The minimum Gasteiger partial charge on any atom is -0.495 e. The molecule has 2 aromatic carbocycles. The molecule has 7 nitrogen and oxygen atoms in total. The van der Waals surface area contributed by atoms with Gasteiger partial charge in [-0.25, -0.2) is 4.39 Å². The Labute approximate surface area is 189 Å². The van der Waals surface area contributed by atoms with Crippen LogP contribution in [0.3, 0.4) is 0 Å². The Bertz CT molecular complexity index is 1200. The predicted molar refractivity (Wildman–Crippen MR) is 121 cm³/mol. The second-order valence-electron chi connectivity index (χ2n) is 7.55. The fourth-order valence-corrected chi connectivity index (χ4v) is 4.01. The number of anilines is 2. The molecule has 0 spiro atoms. The van der Waals surface area contributed by atoms with Gasteiger partial charge in [0.1, 0.15) is 17.4 Å². The first kappa shape index (κ1) is 21.8. The van der Waals surface area contributed by atoms with E-state index in [9.17, 15) is 14.0 Å². The van der Waals surface area contributed by atoms with Crippen molar-refractivity contribution >= 4 is 29.0 Å². The quantitative estimate of drug-likeness (QED) is 0.630. The van der Waals surface area contributed by atoms with Crippen molar-refractivity contribution in [2.75, 3.05) is 30.4 Å². The first-order chi connectivity index (χ1) is 15.4. The molecule has 1 aliphatic heterocycles. The number of benzene rings is 2. The monoisotopic (exact) mass is 456 g/mol. The van der Waals surface area contributed by atoms with Gasteiger partial charge in [-0.3, -0.25) is 9.59 Å². The molecular formula is C23H22ClFN4O3. The molecule has 0 saturated carbocycles. The van der Waals surface area contributed by atoms with E-state index in [2.05, 4.69) is 10.4 Å². The van der Waals surface area contributed by atoms with E-state index >= 15 is 0 Å². The molecule has 2 heterocycles. The molecular weight excluding hydrogens is 435 g/mol. The lowest BCUT2D eigenvalue weighted by Gasteiger charge is -2.33. The normalized spacial score (nSPS) is 16.0. The summed E-state index contributed by atoms with van der Waals surface area (Å²) in [7, 11) is 1.53. The van der Waals surface area contributed by atoms with Crippen LogP contribution in [0.1, 0.15) is 12.8 Å². The van der Waals surface area contributed by atoms with Crippen LogP contribution in [0.5, 0.6) is 5.75 Å². The average Bonchev–Trinajstić information content (AvgIpc) is 2.79. The number of nitrogens with zero attached hydrogens (tertiary/aromatic N) is 3. The van der Waals surface area contributed by atoms with Gasteiger partial charge in [-0.15, -0.1) is 5.10 Å². The van der Waals surface area contributed by atoms with Gasteiger partial charge in [0.2, 0.25) is 5.91 Å². The van der Waals surface area contributed by atoms with Crippen LogP contribution in [0.4, 0.5) is 15.9 Å². The van der Waals surface area contributed by atoms with Crippen molar-refractivity contribution in [2.45, 2.75) is 12.8 Å². The van der Waals surface area contributed by atoms with Gasteiger partial charge in [0.25, 0.3) is 5.56 Å². The molecule has 0 radical (unpaired) electrons. The van der Waals surface area contributed by atoms with Gasteiger partial charge in [-0.05, 0) is 55.3 Å². The van der Waals surface area contributed by atoms with Crippen molar-refractivity contribution in [3.8, 4) is 11.4 Å². The zero-order chi connectivity index (χ0) is 22.7. The van der Waals surface area contributed by atoms with Gasteiger partial charge in [0.15, 0.2) is 0 Å². The zero-order valence-electron chi connectivity index (χ0n) is 17.4. The van der Waals surface area contributed by atoms with E-state index in [-0.39, 0.29) is 17.4 Å². The lowest BCUT2D eigenvalue weighted by atomic mass is 9.97. The minimum atomic E-state index is -0.449. The third-order valence-electron chi connectivity index (χ3n) is 5.37. The molecule has 0 aliphatic carbocycles. The topological polar surface area (TPSA) is 76.5 Å². The zero-order valence-corrected chi connectivity index (χ0v) is 18.2. The van der Waals surface area contributed by atoms with E-state index in [0.29, 0.717) is 41.1 Å². The fourth-order valence-electron chi connectivity index (χ4n) is 3.75. The second-order valence-corrected chi connectivity index (χ2v) is 7.95. The molecule has 3 aromatic rings. The minimum absolute atomic E-state index is 0.116. The Kier molecular flexibility index (Phi) is 6.41. The molecule has 32 heavy (non-hydrogen) atoms. The van der Waals surface area contributed by atoms with E-state index < -0.39 is 5.82 Å². The highest BCUT2D eigenvalue weighted by Gasteiger charge is 2.27. The third kappa shape index (κ3) is 4.75. The Morgan fingerprint density at radius 3 is 2.81 bits per heavy atom. The largest absolute Gasteiger partial charge is 0.495 e. The first-order valence-corrected chi connectivity index (χ1v) is 10.6. The number of hydrogen-bond donors (Lipinski definition) is 1. The molecule has 1 N–H and O–H groups in total. The van der Waals surface area contributed by atoms with E-state index in [1.54, 1.807) is 30.3 Å². The third-order valence-corrected chi connectivity index (χ3v) is 5.67. The van der Waals surface area contributed by atoms with Crippen LogP contribution in [0.15, 0.2) is 59.4 Å². The summed E-state index contributed by atoms with van der Waals surface area (Å²) in [6.07, 6.45) is 1.53. The Morgan fingerprint density at radius 1 is 1.22 bits per heavy atom. The number of nitrogens with one attached hydrogen (secondary N) is 1. The first-order valence-electron chi connectivity index (χ1n) is 10.2. The van der Waals surface area contributed by atoms with Crippen molar-refractivity contribution in [1.82, 2.24) is 9.78 Å². The van der Waals surface area contributed by atoms with E-state index in [1.807, 2.05) is 4.90 Å². The van der Waals surface area contributed by atoms with Crippen molar-refractivity contribution < 1.29 is 13.9 Å². The molecule has 1 fully saturated rings. The summed E-state index contributed by atoms with van der Waals surface area (Å²) in [6.45, 7) is 1.15. The molecule has 0 unspecified atom stereocenters. The van der Waals surface area contributed by atoms with Gasteiger partial charge in [0, 0.05) is 24.8 Å². The van der Waals surface area contributed by atoms with Crippen molar-refractivity contribution in [1.29, 1.82) is 0 Å². The summed E-state index contributed by atoms with van der Waals surface area (Å²) in [5, 5.41) is 7.74. The maximum Gasteiger partial charge on any atom is 0.271 e. The number of ether oxygens (including phenoxy) is 1. The van der Waals surface area contributed by atoms with Crippen LogP contribution in [0, 0.1) is 11.7 Å². The van der Waals surface area contributed by atoms with Gasteiger partial charge < -0.3 is 15.0 Å². The molecule has 0 bridgehead atoms. The number of carbonyl (C=O) groups excluding carboxylic acids is 1. The Morgan fingerprint density at radius 2 is 2.06 bits per heavy atom. The van der Waals surface area contributed by atoms with E-state index in [0.717, 1.165) is 12.8 Å². The smallest absolute Gasteiger partial charge is 0.271 e. The Hall–Kier alpha value is -3.39. The van der Waals surface area contributed by atoms with Gasteiger partial charge in [0.05, 0.1) is 23.7 Å². The molecule has 1 aliphatic rings. The molecule has 1 saturated heterocycles. The summed E-state index contributed by atoms with van der Waals surface area (Å²) in [6, 6.07) is 13.8. The highest BCUT2D eigenvalue weighted by atomic mass is 35.5. The molecule has 1 amide bonds. The van der Waals surface area contributed by atoms with Gasteiger partial charge >= 0.3 is 0 Å². The van der Waals surface area contributed by atoms with Crippen molar-refractivity contribution in [2.24, 2.45) is 5.92 Å². The molecule has 1 aromatic heterocycles. The highest BCUT2D eigenvalue weighted by Crippen LogP contribution is 2.28. The van der Waals surface area contributed by atoms with Crippen LogP contribution in [-0.4, -0.2) is 35.9 Å². The number of aromatic nitrogens is 2. The van der Waals surface area contributed by atoms with Crippen LogP contribution in [-0.2, 0) is 4.79 Å². The van der Waals surface area contributed by atoms with Crippen LogP contribution in [0.25, 0.3) is 5.69 Å². The molecule has 4 rings (SSSR count). The summed E-state index contributed by atoms with van der Waals surface area (Å²) >= 11 is 6.15. The van der Waals surface area contributed by atoms with E-state index in [4.69, 9.17) is 16.3 Å². The highest BCUT2D eigenvalue weighted by molar-refractivity contribution is 6.32. The maximum atomic E-state index is 13.6. The molecule has 9 heteroatoms. The maximum absolute atomic E-state index is 13.6. The second kappa shape index (κ2) is 9.40. The van der Waals surface area contributed by atoms with Crippen LogP contribution in [0.2, 0.25) is 5.02 Å². The number of methoxy groups -OCH3 is 1. The van der Waals surface area contributed by atoms with Gasteiger partial charge in [-0.1, -0.05) is 17.7 Å². The Balaban J connectivity index is 1.50. The van der Waals surface area contributed by atoms with E-state index in [1.165, 1.54) is 36.1 Å². The fraction of sp³-hybridized carbons (Fsp3) is 0.261. The lowest BCUT2D eigenvalue weighted by Crippen LogP contribution is -2.41. The average molecular weight is 457 g/mol. The predicted octanol–water partition coefficient (Wildman–Crippen LogP) is 3.89. The number of carbonyl (C=O) groups is 1. The van der Waals surface area contributed by atoms with Crippen molar-refractivity contribution in [3.05, 3.63) is 75.8 Å². The number of amides is 1. The summed E-state index contributed by atoms with van der Waals surface area (Å²) in [5.41, 5.74) is 0.581. The summed E-state index contributed by atoms with van der Waals surface area (Å²) in [5.74, 6) is 0.261. The van der Waals surface area contributed by atoms with Crippen LogP contribution >= 0.6 is 11.6 Å². The summed E-state index contributed by atoms with van der Waals surface area (Å²) in [4.78, 5) is 27.1. The SMILES string of the molecule is COc1ccc(NC(=O)[C@H]2CCCN(c3ccc(=O)n(-c4cccc(F)c4)n3)C2)cc1Cl. The van der Waals surface area contributed by atoms with Crippen molar-refractivity contribution in [3.63, 3.8) is 0 Å². The number of rotatable bonds is 5. The summed E-state index contributed by atoms with van der Waals surface area (Å²) < 4.78 is 19.9. The number of hydrogen-bond acceptors (Lipinski definition) is 5. The van der Waals surface area contributed by atoms with Crippen LogP contribution < -0.4 is 20.5 Å². The number of piperidine rings is 1. The molecule has 1 atom stereocenters. The standard InChI is InChI=1S/C23H22ClFN4O3/c1-32-20-8-7-17(13-19(20)24)26-23(31)15-4-3-11-28(14-15)21-9-10-22(30)29(27-21)18-6-2-5-16(25)12-18/h2,5-10,12-13,15H,3-4,11,14H2,1H3,(H,26,31)/t15-/m0/s1.